The summed E-state index contributed by atoms with van der Waals surface area (Å²) in [6.45, 7) is 2.26. The molecular formula is C14H17N3O. The maximum Gasteiger partial charge on any atom is 0.239 e. The van der Waals surface area contributed by atoms with Gasteiger partial charge in [-0.25, -0.2) is 0 Å². The molecule has 1 amide bonds. The van der Waals surface area contributed by atoms with Crippen LogP contribution in [0.5, 0.6) is 0 Å². The first kappa shape index (κ1) is 12.4. The van der Waals surface area contributed by atoms with Crippen molar-refractivity contribution in [2.75, 3.05) is 18.5 Å². The number of rotatable bonds is 4. The maximum atomic E-state index is 11.7. The topological polar surface area (TPSA) is 56.1 Å². The molecule has 18 heavy (non-hydrogen) atoms. The van der Waals surface area contributed by atoms with Gasteiger partial charge in [-0.3, -0.25) is 4.79 Å². The highest BCUT2D eigenvalue weighted by Crippen LogP contribution is 2.21. The van der Waals surface area contributed by atoms with E-state index in [1.807, 2.05) is 31.0 Å². The van der Waals surface area contributed by atoms with Crippen molar-refractivity contribution < 1.29 is 4.79 Å². The SMILES string of the molecule is Cc1ccc(C#N)c(N(C)CC(=O)NC2CC2)c1. The molecule has 0 radical (unpaired) electrons. The summed E-state index contributed by atoms with van der Waals surface area (Å²) in [7, 11) is 1.84. The van der Waals surface area contributed by atoms with Crippen molar-refractivity contribution in [3.8, 4) is 6.07 Å². The lowest BCUT2D eigenvalue weighted by Crippen LogP contribution is -2.36. The molecule has 0 unspecified atom stereocenters. The van der Waals surface area contributed by atoms with Crippen LogP contribution in [-0.2, 0) is 4.79 Å². The van der Waals surface area contributed by atoms with Crippen molar-refractivity contribution in [3.05, 3.63) is 29.3 Å². The Hall–Kier alpha value is -2.02. The van der Waals surface area contributed by atoms with Gasteiger partial charge < -0.3 is 10.2 Å². The minimum Gasteiger partial charge on any atom is -0.364 e. The number of nitriles is 1. The Morgan fingerprint density at radius 2 is 2.28 bits per heavy atom. The molecule has 0 bridgehead atoms. The van der Waals surface area contributed by atoms with Gasteiger partial charge in [0.1, 0.15) is 6.07 Å². The molecule has 1 saturated carbocycles. The zero-order chi connectivity index (χ0) is 13.1. The van der Waals surface area contributed by atoms with Crippen LogP contribution in [0.4, 0.5) is 5.69 Å². The molecule has 0 aliphatic heterocycles. The van der Waals surface area contributed by atoms with E-state index >= 15 is 0 Å². The van der Waals surface area contributed by atoms with Gasteiger partial charge in [-0.15, -0.1) is 0 Å². The van der Waals surface area contributed by atoms with Crippen molar-refractivity contribution in [2.24, 2.45) is 0 Å². The lowest BCUT2D eigenvalue weighted by Gasteiger charge is -2.20. The second kappa shape index (κ2) is 5.09. The number of carbonyl (C=O) groups excluding carboxylic acids is 1. The van der Waals surface area contributed by atoms with Crippen molar-refractivity contribution in [1.82, 2.24) is 5.32 Å². The van der Waals surface area contributed by atoms with E-state index in [9.17, 15) is 4.79 Å². The van der Waals surface area contributed by atoms with E-state index < -0.39 is 0 Å². The molecule has 0 atom stereocenters. The predicted octanol–water partition coefficient (Wildman–Crippen LogP) is 1.58. The number of aryl methyl sites for hydroxylation is 1. The Balaban J connectivity index is 2.07. The number of nitrogens with one attached hydrogen (secondary N) is 1. The second-order valence-corrected chi connectivity index (χ2v) is 4.83. The van der Waals surface area contributed by atoms with Crippen molar-refractivity contribution >= 4 is 11.6 Å². The molecule has 1 aliphatic carbocycles. The average molecular weight is 243 g/mol. The summed E-state index contributed by atoms with van der Waals surface area (Å²) in [6.07, 6.45) is 2.17. The zero-order valence-electron chi connectivity index (χ0n) is 10.7. The fourth-order valence-corrected chi connectivity index (χ4v) is 1.85. The number of hydrogen-bond acceptors (Lipinski definition) is 3. The minimum atomic E-state index is 0.0189. The maximum absolute atomic E-state index is 11.7. The second-order valence-electron chi connectivity index (χ2n) is 4.83. The molecule has 4 nitrogen and oxygen atoms in total. The van der Waals surface area contributed by atoms with Gasteiger partial charge >= 0.3 is 0 Å². The van der Waals surface area contributed by atoms with Crippen LogP contribution in [0.3, 0.4) is 0 Å². The summed E-state index contributed by atoms with van der Waals surface area (Å²) in [5.74, 6) is 0.0189. The monoisotopic (exact) mass is 243 g/mol. The molecule has 4 heteroatoms. The van der Waals surface area contributed by atoms with E-state index in [1.165, 1.54) is 0 Å². The Bertz CT molecular complexity index is 500. The third-order valence-corrected chi connectivity index (χ3v) is 3.01. The molecule has 1 fully saturated rings. The Labute approximate surface area is 107 Å². The fourth-order valence-electron chi connectivity index (χ4n) is 1.85. The number of anilines is 1. The summed E-state index contributed by atoms with van der Waals surface area (Å²) in [5.41, 5.74) is 2.49. The summed E-state index contributed by atoms with van der Waals surface area (Å²) in [6, 6.07) is 8.16. The number of likely N-dealkylation sites (N-methyl/N-ethyl adjacent to an activating group) is 1. The van der Waals surface area contributed by atoms with E-state index in [-0.39, 0.29) is 12.5 Å². The van der Waals surface area contributed by atoms with Gasteiger partial charge in [-0.05, 0) is 37.5 Å². The quantitative estimate of drug-likeness (QED) is 0.873. The number of hydrogen-bond donors (Lipinski definition) is 1. The highest BCUT2D eigenvalue weighted by Gasteiger charge is 2.23. The van der Waals surface area contributed by atoms with Gasteiger partial charge in [0.15, 0.2) is 0 Å². The number of benzene rings is 1. The minimum absolute atomic E-state index is 0.0189. The molecule has 0 spiro atoms. The molecule has 1 aromatic carbocycles. The third kappa shape index (κ3) is 3.01. The molecule has 2 rings (SSSR count). The number of nitrogens with zero attached hydrogens (tertiary/aromatic N) is 2. The summed E-state index contributed by atoms with van der Waals surface area (Å²) < 4.78 is 0. The lowest BCUT2D eigenvalue weighted by molar-refractivity contribution is -0.119. The van der Waals surface area contributed by atoms with Gasteiger partial charge in [-0.1, -0.05) is 6.07 Å². The van der Waals surface area contributed by atoms with Crippen molar-refractivity contribution in [2.45, 2.75) is 25.8 Å². The molecule has 0 aromatic heterocycles. The first-order chi connectivity index (χ1) is 8.60. The Morgan fingerprint density at radius 1 is 1.56 bits per heavy atom. The predicted molar refractivity (Wildman–Crippen MR) is 70.3 cm³/mol. The normalized spacial score (nSPS) is 13.8. The van der Waals surface area contributed by atoms with Gasteiger partial charge in [0.25, 0.3) is 0 Å². The van der Waals surface area contributed by atoms with Crippen LogP contribution >= 0.6 is 0 Å². The molecule has 0 saturated heterocycles. The van der Waals surface area contributed by atoms with E-state index in [2.05, 4.69) is 11.4 Å². The Kier molecular flexibility index (Phi) is 3.52. The lowest BCUT2D eigenvalue weighted by atomic mass is 10.1. The fraction of sp³-hybridized carbons (Fsp3) is 0.429. The standard InChI is InChI=1S/C14H17N3O/c1-10-3-4-11(8-15)13(7-10)17(2)9-14(18)16-12-5-6-12/h3-4,7,12H,5-6,9H2,1-2H3,(H,16,18). The number of amides is 1. The summed E-state index contributed by atoms with van der Waals surface area (Å²) >= 11 is 0. The molecular weight excluding hydrogens is 226 g/mol. The van der Waals surface area contributed by atoms with Crippen molar-refractivity contribution in [3.63, 3.8) is 0 Å². The van der Waals surface area contributed by atoms with Crippen LogP contribution in [0.25, 0.3) is 0 Å². The van der Waals surface area contributed by atoms with Crippen LogP contribution in [0.2, 0.25) is 0 Å². The molecule has 1 N–H and O–H groups in total. The molecule has 0 heterocycles. The van der Waals surface area contributed by atoms with Crippen LogP contribution in [0.1, 0.15) is 24.0 Å². The van der Waals surface area contributed by atoms with Gasteiger partial charge in [0.2, 0.25) is 5.91 Å². The van der Waals surface area contributed by atoms with Crippen LogP contribution in [0.15, 0.2) is 18.2 Å². The van der Waals surface area contributed by atoms with E-state index in [4.69, 9.17) is 5.26 Å². The third-order valence-electron chi connectivity index (χ3n) is 3.01. The van der Waals surface area contributed by atoms with Crippen LogP contribution < -0.4 is 10.2 Å². The average Bonchev–Trinajstić information content (AvgIpc) is 3.12. The van der Waals surface area contributed by atoms with Gasteiger partial charge in [-0.2, -0.15) is 5.26 Å². The first-order valence-electron chi connectivity index (χ1n) is 6.11. The highest BCUT2D eigenvalue weighted by atomic mass is 16.2. The Morgan fingerprint density at radius 3 is 2.89 bits per heavy atom. The number of carbonyl (C=O) groups is 1. The van der Waals surface area contributed by atoms with Crippen LogP contribution in [-0.4, -0.2) is 25.5 Å². The van der Waals surface area contributed by atoms with E-state index in [1.54, 1.807) is 6.07 Å². The molecule has 1 aliphatic rings. The molecule has 1 aromatic rings. The zero-order valence-corrected chi connectivity index (χ0v) is 10.7. The summed E-state index contributed by atoms with van der Waals surface area (Å²) in [4.78, 5) is 13.5. The van der Waals surface area contributed by atoms with Gasteiger partial charge in [0, 0.05) is 13.1 Å². The summed E-state index contributed by atoms with van der Waals surface area (Å²) in [5, 5.41) is 12.0. The highest BCUT2D eigenvalue weighted by molar-refractivity contribution is 5.82. The largest absolute Gasteiger partial charge is 0.364 e. The van der Waals surface area contributed by atoms with Gasteiger partial charge in [0.05, 0.1) is 17.8 Å². The van der Waals surface area contributed by atoms with E-state index in [0.717, 1.165) is 24.1 Å². The molecule has 94 valence electrons. The first-order valence-corrected chi connectivity index (χ1v) is 6.11. The smallest absolute Gasteiger partial charge is 0.239 e. The van der Waals surface area contributed by atoms with Crippen LogP contribution in [0, 0.1) is 18.3 Å². The van der Waals surface area contributed by atoms with E-state index in [0.29, 0.717) is 11.6 Å². The van der Waals surface area contributed by atoms with Crippen molar-refractivity contribution in [1.29, 1.82) is 5.26 Å².